The SMILES string of the molecule is Nc1ccc2cccc(-c3c(O)ccc4ccc(N)cc34)c2c1. The van der Waals surface area contributed by atoms with Crippen molar-refractivity contribution in [2.24, 2.45) is 0 Å². The van der Waals surface area contributed by atoms with Crippen LogP contribution in [0.3, 0.4) is 0 Å². The van der Waals surface area contributed by atoms with Crippen molar-refractivity contribution in [3.8, 4) is 16.9 Å². The molecule has 0 aromatic heterocycles. The van der Waals surface area contributed by atoms with Crippen molar-refractivity contribution >= 4 is 32.9 Å². The van der Waals surface area contributed by atoms with Crippen LogP contribution >= 0.6 is 0 Å². The maximum absolute atomic E-state index is 10.5. The molecule has 0 aliphatic heterocycles. The van der Waals surface area contributed by atoms with Crippen molar-refractivity contribution in [1.82, 2.24) is 0 Å². The summed E-state index contributed by atoms with van der Waals surface area (Å²) in [6, 6.07) is 21.2. The fraction of sp³-hybridized carbons (Fsp3) is 0. The average molecular weight is 300 g/mol. The van der Waals surface area contributed by atoms with Crippen LogP contribution in [-0.4, -0.2) is 5.11 Å². The molecule has 4 aromatic rings. The third kappa shape index (κ3) is 2.14. The maximum Gasteiger partial charge on any atom is 0.124 e. The zero-order valence-corrected chi connectivity index (χ0v) is 12.5. The van der Waals surface area contributed by atoms with Gasteiger partial charge in [0.1, 0.15) is 5.75 Å². The fourth-order valence-corrected chi connectivity index (χ4v) is 3.12. The molecule has 0 atom stereocenters. The standard InChI is InChI=1S/C20H16N2O/c21-14-7-4-12-2-1-3-16(17(12)10-14)20-18-11-15(22)8-5-13(18)6-9-19(20)23/h1-11,23H,21-22H2. The van der Waals surface area contributed by atoms with E-state index >= 15 is 0 Å². The first kappa shape index (κ1) is 13.5. The van der Waals surface area contributed by atoms with Gasteiger partial charge in [-0.15, -0.1) is 0 Å². The van der Waals surface area contributed by atoms with Crippen LogP contribution in [0, 0.1) is 0 Å². The molecule has 0 radical (unpaired) electrons. The summed E-state index contributed by atoms with van der Waals surface area (Å²) in [6.07, 6.45) is 0. The van der Waals surface area contributed by atoms with Crippen LogP contribution in [-0.2, 0) is 0 Å². The molecule has 0 aliphatic carbocycles. The van der Waals surface area contributed by atoms with Crippen LogP contribution in [0.1, 0.15) is 0 Å². The van der Waals surface area contributed by atoms with Crippen molar-refractivity contribution in [2.45, 2.75) is 0 Å². The van der Waals surface area contributed by atoms with Gasteiger partial charge in [-0.3, -0.25) is 0 Å². The number of hydrogen-bond donors (Lipinski definition) is 3. The van der Waals surface area contributed by atoms with E-state index in [0.29, 0.717) is 11.4 Å². The molecule has 0 heterocycles. The molecule has 0 spiro atoms. The molecule has 0 aliphatic rings. The lowest BCUT2D eigenvalue weighted by atomic mass is 9.93. The molecule has 0 bridgehead atoms. The highest BCUT2D eigenvalue weighted by molar-refractivity contribution is 6.08. The smallest absolute Gasteiger partial charge is 0.124 e. The lowest BCUT2D eigenvalue weighted by Crippen LogP contribution is -1.90. The quantitative estimate of drug-likeness (QED) is 0.452. The lowest BCUT2D eigenvalue weighted by molar-refractivity contribution is 0.478. The Kier molecular flexibility index (Phi) is 2.88. The average Bonchev–Trinajstić information content (AvgIpc) is 2.54. The van der Waals surface area contributed by atoms with Crippen molar-refractivity contribution < 1.29 is 5.11 Å². The first-order valence-corrected chi connectivity index (χ1v) is 7.43. The highest BCUT2D eigenvalue weighted by Crippen LogP contribution is 2.40. The van der Waals surface area contributed by atoms with Gasteiger partial charge in [-0.2, -0.15) is 0 Å². The van der Waals surface area contributed by atoms with Crippen molar-refractivity contribution in [3.63, 3.8) is 0 Å². The number of nitrogens with two attached hydrogens (primary N) is 2. The van der Waals surface area contributed by atoms with Crippen LogP contribution in [0.15, 0.2) is 66.7 Å². The summed E-state index contributed by atoms with van der Waals surface area (Å²) >= 11 is 0. The minimum Gasteiger partial charge on any atom is -0.507 e. The summed E-state index contributed by atoms with van der Waals surface area (Å²) in [5, 5.41) is 14.6. The summed E-state index contributed by atoms with van der Waals surface area (Å²) in [5.41, 5.74) is 15.0. The van der Waals surface area contributed by atoms with Gasteiger partial charge in [0.05, 0.1) is 0 Å². The molecule has 0 fully saturated rings. The van der Waals surface area contributed by atoms with E-state index in [1.807, 2.05) is 60.7 Å². The van der Waals surface area contributed by atoms with Crippen molar-refractivity contribution in [1.29, 1.82) is 0 Å². The molecule has 0 unspecified atom stereocenters. The van der Waals surface area contributed by atoms with E-state index in [2.05, 4.69) is 0 Å². The van der Waals surface area contributed by atoms with E-state index < -0.39 is 0 Å². The number of fused-ring (bicyclic) bond motifs is 2. The molecule has 3 heteroatoms. The van der Waals surface area contributed by atoms with Crippen molar-refractivity contribution in [3.05, 3.63) is 66.7 Å². The number of rotatable bonds is 1. The summed E-state index contributed by atoms with van der Waals surface area (Å²) in [7, 11) is 0. The molecular formula is C20H16N2O. The zero-order chi connectivity index (χ0) is 16.0. The molecule has 3 nitrogen and oxygen atoms in total. The summed E-state index contributed by atoms with van der Waals surface area (Å²) in [4.78, 5) is 0. The van der Waals surface area contributed by atoms with Gasteiger partial charge in [-0.1, -0.05) is 36.4 Å². The molecule has 5 N–H and O–H groups in total. The summed E-state index contributed by atoms with van der Waals surface area (Å²) < 4.78 is 0. The van der Waals surface area contributed by atoms with Gasteiger partial charge in [-0.05, 0) is 57.4 Å². The number of phenolic OH excluding ortho intramolecular Hbond substituents is 1. The molecule has 0 amide bonds. The number of hydrogen-bond acceptors (Lipinski definition) is 3. The first-order chi connectivity index (χ1) is 11.1. The molecule has 0 saturated carbocycles. The first-order valence-electron chi connectivity index (χ1n) is 7.43. The zero-order valence-electron chi connectivity index (χ0n) is 12.5. The third-order valence-electron chi connectivity index (χ3n) is 4.20. The van der Waals surface area contributed by atoms with E-state index in [9.17, 15) is 5.11 Å². The highest BCUT2D eigenvalue weighted by atomic mass is 16.3. The second-order valence-electron chi connectivity index (χ2n) is 5.73. The minimum absolute atomic E-state index is 0.234. The van der Waals surface area contributed by atoms with Gasteiger partial charge in [0.15, 0.2) is 0 Å². The van der Waals surface area contributed by atoms with E-state index in [1.54, 1.807) is 6.07 Å². The molecule has 112 valence electrons. The Morgan fingerprint density at radius 1 is 0.652 bits per heavy atom. The van der Waals surface area contributed by atoms with E-state index in [1.165, 1.54) is 0 Å². The number of anilines is 2. The maximum atomic E-state index is 10.5. The molecular weight excluding hydrogens is 284 g/mol. The highest BCUT2D eigenvalue weighted by Gasteiger charge is 2.13. The summed E-state index contributed by atoms with van der Waals surface area (Å²) in [6.45, 7) is 0. The van der Waals surface area contributed by atoms with Crippen LogP contribution in [0.4, 0.5) is 11.4 Å². The van der Waals surface area contributed by atoms with Gasteiger partial charge in [0, 0.05) is 16.9 Å². The molecule has 0 saturated heterocycles. The molecule has 4 aromatic carbocycles. The topological polar surface area (TPSA) is 72.3 Å². The van der Waals surface area contributed by atoms with Gasteiger partial charge in [0.2, 0.25) is 0 Å². The minimum atomic E-state index is 0.234. The number of nitrogen functional groups attached to an aromatic ring is 2. The predicted octanol–water partition coefficient (Wildman–Crippen LogP) is 4.53. The Balaban J connectivity index is 2.16. The van der Waals surface area contributed by atoms with Gasteiger partial charge >= 0.3 is 0 Å². The predicted molar refractivity (Wildman–Crippen MR) is 97.4 cm³/mol. The second-order valence-corrected chi connectivity index (χ2v) is 5.73. The lowest BCUT2D eigenvalue weighted by Gasteiger charge is -2.13. The molecule has 23 heavy (non-hydrogen) atoms. The van der Waals surface area contributed by atoms with E-state index in [0.717, 1.165) is 32.7 Å². The van der Waals surface area contributed by atoms with Gasteiger partial charge in [0.25, 0.3) is 0 Å². The Labute approximate surface area is 133 Å². The Hall–Kier alpha value is -3.20. The number of aromatic hydroxyl groups is 1. The Bertz CT molecular complexity index is 1050. The van der Waals surface area contributed by atoms with Crippen LogP contribution in [0.2, 0.25) is 0 Å². The van der Waals surface area contributed by atoms with Crippen molar-refractivity contribution in [2.75, 3.05) is 11.5 Å². The fourth-order valence-electron chi connectivity index (χ4n) is 3.12. The van der Waals surface area contributed by atoms with E-state index in [4.69, 9.17) is 11.5 Å². The molecule has 4 rings (SSSR count). The Morgan fingerprint density at radius 2 is 1.26 bits per heavy atom. The Morgan fingerprint density at radius 3 is 2.00 bits per heavy atom. The van der Waals surface area contributed by atoms with Crippen LogP contribution in [0.5, 0.6) is 5.75 Å². The van der Waals surface area contributed by atoms with Gasteiger partial charge < -0.3 is 16.6 Å². The largest absolute Gasteiger partial charge is 0.507 e. The normalized spacial score (nSPS) is 11.1. The van der Waals surface area contributed by atoms with Crippen LogP contribution in [0.25, 0.3) is 32.7 Å². The summed E-state index contributed by atoms with van der Waals surface area (Å²) in [5.74, 6) is 0.234. The van der Waals surface area contributed by atoms with Gasteiger partial charge in [-0.25, -0.2) is 0 Å². The van der Waals surface area contributed by atoms with Crippen LogP contribution < -0.4 is 11.5 Å². The van der Waals surface area contributed by atoms with E-state index in [-0.39, 0.29) is 5.75 Å². The second kappa shape index (κ2) is 4.92. The number of phenols is 1. The number of benzene rings is 4. The third-order valence-corrected chi connectivity index (χ3v) is 4.20. The monoisotopic (exact) mass is 300 g/mol.